The van der Waals surface area contributed by atoms with Crippen LogP contribution >= 0.6 is 11.8 Å². The van der Waals surface area contributed by atoms with Gasteiger partial charge < -0.3 is 4.57 Å². The summed E-state index contributed by atoms with van der Waals surface area (Å²) in [7, 11) is 2.03. The second-order valence-electron chi connectivity index (χ2n) is 6.51. The fraction of sp³-hybridized carbons (Fsp3) is 0.182. The van der Waals surface area contributed by atoms with Gasteiger partial charge in [0.05, 0.1) is 10.6 Å². The Kier molecular flexibility index (Phi) is 4.86. The van der Waals surface area contributed by atoms with Gasteiger partial charge >= 0.3 is 0 Å². The molecule has 2 heterocycles. The van der Waals surface area contributed by atoms with Crippen molar-refractivity contribution in [2.24, 2.45) is 12.0 Å². The molecule has 1 aliphatic rings. The molecule has 27 heavy (non-hydrogen) atoms. The summed E-state index contributed by atoms with van der Waals surface area (Å²) in [5.74, 6) is 0.0319. The average molecular weight is 375 g/mol. The third-order valence-electron chi connectivity index (χ3n) is 4.53. The SMILES string of the molecule is CCCN1C(=O)/C(=C\c2cn(C)c3ccccc23)SC1=Nc1ccccc1. The highest BCUT2D eigenvalue weighted by molar-refractivity contribution is 8.18. The molecule has 136 valence electrons. The number of amidine groups is 1. The number of amides is 1. The van der Waals surface area contributed by atoms with Crippen LogP contribution in [0.2, 0.25) is 0 Å². The largest absolute Gasteiger partial charge is 0.350 e. The lowest BCUT2D eigenvalue weighted by Crippen LogP contribution is -2.29. The molecule has 1 aromatic heterocycles. The molecular weight excluding hydrogens is 354 g/mol. The number of aromatic nitrogens is 1. The monoisotopic (exact) mass is 375 g/mol. The summed E-state index contributed by atoms with van der Waals surface area (Å²) in [5.41, 5.74) is 3.07. The summed E-state index contributed by atoms with van der Waals surface area (Å²) in [4.78, 5) is 20.2. The maximum Gasteiger partial charge on any atom is 0.266 e. The number of rotatable bonds is 4. The molecule has 0 spiro atoms. The molecule has 4 rings (SSSR count). The average Bonchev–Trinajstić information content (AvgIpc) is 3.15. The summed E-state index contributed by atoms with van der Waals surface area (Å²) in [6.45, 7) is 2.74. The number of carbonyl (C=O) groups is 1. The van der Waals surface area contributed by atoms with Gasteiger partial charge in [-0.05, 0) is 42.5 Å². The zero-order valence-electron chi connectivity index (χ0n) is 15.4. The molecule has 0 radical (unpaired) electrons. The normalized spacial score (nSPS) is 17.6. The van der Waals surface area contributed by atoms with E-state index in [0.29, 0.717) is 6.54 Å². The van der Waals surface area contributed by atoms with Crippen LogP contribution in [-0.4, -0.2) is 27.1 Å². The Labute approximate surface area is 163 Å². The van der Waals surface area contributed by atoms with E-state index in [1.54, 1.807) is 4.90 Å². The van der Waals surface area contributed by atoms with Gasteiger partial charge in [0.25, 0.3) is 5.91 Å². The summed E-state index contributed by atoms with van der Waals surface area (Å²) in [6, 6.07) is 18.0. The standard InChI is InChI=1S/C22H21N3OS/c1-3-13-25-21(26)20(27-22(25)23-17-9-5-4-6-10-17)14-16-15-24(2)19-12-8-7-11-18(16)19/h4-12,14-15H,3,13H2,1-2H3/b20-14+,23-22?. The molecule has 1 saturated heterocycles. The first kappa shape index (κ1) is 17.6. The van der Waals surface area contributed by atoms with E-state index in [1.807, 2.05) is 55.6 Å². The van der Waals surface area contributed by atoms with Crippen LogP contribution in [0, 0.1) is 0 Å². The van der Waals surface area contributed by atoms with Crippen LogP contribution in [0.25, 0.3) is 17.0 Å². The summed E-state index contributed by atoms with van der Waals surface area (Å²) >= 11 is 1.45. The molecule has 1 fully saturated rings. The second-order valence-corrected chi connectivity index (χ2v) is 7.52. The summed E-state index contributed by atoms with van der Waals surface area (Å²) in [5, 5.41) is 1.90. The molecule has 1 aliphatic heterocycles. The zero-order valence-corrected chi connectivity index (χ0v) is 16.2. The molecule has 1 amide bonds. The maximum atomic E-state index is 13.0. The lowest BCUT2D eigenvalue weighted by Gasteiger charge is -2.13. The molecule has 2 aromatic carbocycles. The minimum absolute atomic E-state index is 0.0319. The van der Waals surface area contributed by atoms with Crippen LogP contribution in [0.3, 0.4) is 0 Å². The smallest absolute Gasteiger partial charge is 0.266 e. The molecule has 3 aromatic rings. The van der Waals surface area contributed by atoms with Crippen molar-refractivity contribution in [3.8, 4) is 0 Å². The highest BCUT2D eigenvalue weighted by Gasteiger charge is 2.32. The number of nitrogens with zero attached hydrogens (tertiary/aromatic N) is 3. The Bertz CT molecular complexity index is 1050. The highest BCUT2D eigenvalue weighted by atomic mass is 32.2. The number of para-hydroxylation sites is 2. The number of aliphatic imine (C=N–C) groups is 1. The van der Waals surface area contributed by atoms with Crippen molar-refractivity contribution in [1.29, 1.82) is 0 Å². The van der Waals surface area contributed by atoms with E-state index in [4.69, 9.17) is 4.99 Å². The Morgan fingerprint density at radius 3 is 2.59 bits per heavy atom. The van der Waals surface area contributed by atoms with E-state index in [2.05, 4.69) is 29.8 Å². The number of benzene rings is 2. The van der Waals surface area contributed by atoms with Crippen LogP contribution in [0.15, 0.2) is 70.7 Å². The van der Waals surface area contributed by atoms with Gasteiger partial charge in [-0.25, -0.2) is 4.99 Å². The predicted molar refractivity (Wildman–Crippen MR) is 114 cm³/mol. The molecular formula is C22H21N3OS. The van der Waals surface area contributed by atoms with Crippen LogP contribution in [0.5, 0.6) is 0 Å². The zero-order chi connectivity index (χ0) is 18.8. The Hall–Kier alpha value is -2.79. The van der Waals surface area contributed by atoms with Gasteiger partial charge in [0.15, 0.2) is 5.17 Å². The van der Waals surface area contributed by atoms with Crippen LogP contribution in [0.4, 0.5) is 5.69 Å². The minimum Gasteiger partial charge on any atom is -0.350 e. The lowest BCUT2D eigenvalue weighted by atomic mass is 10.1. The van der Waals surface area contributed by atoms with Crippen molar-refractivity contribution in [3.05, 3.63) is 71.3 Å². The van der Waals surface area contributed by atoms with E-state index in [9.17, 15) is 4.79 Å². The van der Waals surface area contributed by atoms with Crippen molar-refractivity contribution in [2.45, 2.75) is 13.3 Å². The molecule has 4 nitrogen and oxygen atoms in total. The Balaban J connectivity index is 1.74. The summed E-state index contributed by atoms with van der Waals surface area (Å²) in [6.07, 6.45) is 4.95. The van der Waals surface area contributed by atoms with Crippen LogP contribution in [0.1, 0.15) is 18.9 Å². The van der Waals surface area contributed by atoms with Crippen LogP contribution < -0.4 is 0 Å². The third-order valence-corrected chi connectivity index (χ3v) is 5.54. The van der Waals surface area contributed by atoms with E-state index >= 15 is 0 Å². The van der Waals surface area contributed by atoms with Gasteiger partial charge in [0.1, 0.15) is 0 Å². The van der Waals surface area contributed by atoms with E-state index in [0.717, 1.165) is 38.6 Å². The fourth-order valence-corrected chi connectivity index (χ4v) is 4.27. The molecule has 0 atom stereocenters. The third kappa shape index (κ3) is 3.43. The van der Waals surface area contributed by atoms with Crippen molar-refractivity contribution in [3.63, 3.8) is 0 Å². The summed E-state index contributed by atoms with van der Waals surface area (Å²) < 4.78 is 2.09. The second kappa shape index (κ2) is 7.45. The Morgan fingerprint density at radius 1 is 1.07 bits per heavy atom. The molecule has 0 unspecified atom stereocenters. The van der Waals surface area contributed by atoms with Crippen molar-refractivity contribution >= 4 is 45.5 Å². The predicted octanol–water partition coefficient (Wildman–Crippen LogP) is 5.19. The van der Waals surface area contributed by atoms with E-state index in [1.165, 1.54) is 11.8 Å². The van der Waals surface area contributed by atoms with Crippen molar-refractivity contribution in [2.75, 3.05) is 6.54 Å². The van der Waals surface area contributed by atoms with E-state index < -0.39 is 0 Å². The van der Waals surface area contributed by atoms with Gasteiger partial charge in [0, 0.05) is 36.3 Å². The highest BCUT2D eigenvalue weighted by Crippen LogP contribution is 2.35. The first-order valence-electron chi connectivity index (χ1n) is 9.06. The number of fused-ring (bicyclic) bond motifs is 1. The number of carbonyl (C=O) groups excluding carboxylic acids is 1. The number of thioether (sulfide) groups is 1. The quantitative estimate of drug-likeness (QED) is 0.588. The number of hydrogen-bond donors (Lipinski definition) is 0. The van der Waals surface area contributed by atoms with Crippen LogP contribution in [-0.2, 0) is 11.8 Å². The van der Waals surface area contributed by atoms with E-state index in [-0.39, 0.29) is 5.91 Å². The molecule has 0 N–H and O–H groups in total. The van der Waals surface area contributed by atoms with Gasteiger partial charge in [-0.2, -0.15) is 0 Å². The van der Waals surface area contributed by atoms with Gasteiger partial charge in [-0.3, -0.25) is 9.69 Å². The first-order chi connectivity index (χ1) is 13.2. The lowest BCUT2D eigenvalue weighted by molar-refractivity contribution is -0.122. The molecule has 0 aliphatic carbocycles. The Morgan fingerprint density at radius 2 is 1.81 bits per heavy atom. The first-order valence-corrected chi connectivity index (χ1v) is 9.88. The molecule has 0 saturated carbocycles. The van der Waals surface area contributed by atoms with Crippen molar-refractivity contribution in [1.82, 2.24) is 9.47 Å². The van der Waals surface area contributed by atoms with Gasteiger partial charge in [0.2, 0.25) is 0 Å². The van der Waals surface area contributed by atoms with Gasteiger partial charge in [-0.15, -0.1) is 0 Å². The fourth-order valence-electron chi connectivity index (χ4n) is 3.25. The molecule has 0 bridgehead atoms. The van der Waals surface area contributed by atoms with Crippen molar-refractivity contribution < 1.29 is 4.79 Å². The van der Waals surface area contributed by atoms with Gasteiger partial charge in [-0.1, -0.05) is 43.3 Å². The maximum absolute atomic E-state index is 13.0. The topological polar surface area (TPSA) is 37.6 Å². The number of hydrogen-bond acceptors (Lipinski definition) is 3. The minimum atomic E-state index is 0.0319. The number of aryl methyl sites for hydroxylation is 1. The molecule has 5 heteroatoms.